The first-order valence-electron chi connectivity index (χ1n) is 5.94. The van der Waals surface area contributed by atoms with Gasteiger partial charge in [0.2, 0.25) is 0 Å². The predicted molar refractivity (Wildman–Crippen MR) is 83.4 cm³/mol. The second-order valence-electron chi connectivity index (χ2n) is 4.39. The molecule has 19 heavy (non-hydrogen) atoms. The fourth-order valence-corrected chi connectivity index (χ4v) is 2.79. The number of hydrogen-bond acceptors (Lipinski definition) is 3. The number of nitrogens with one attached hydrogen (secondary N) is 1. The zero-order chi connectivity index (χ0) is 13.8. The maximum atomic E-state index is 13.9. The van der Waals surface area contributed by atoms with Gasteiger partial charge in [0.15, 0.2) is 0 Å². The van der Waals surface area contributed by atoms with Crippen molar-refractivity contribution in [3.05, 3.63) is 52.0 Å². The van der Waals surface area contributed by atoms with Gasteiger partial charge in [0.1, 0.15) is 10.8 Å². The van der Waals surface area contributed by atoms with E-state index in [0.29, 0.717) is 11.3 Å². The summed E-state index contributed by atoms with van der Waals surface area (Å²) in [5.74, 6) is -0.330. The summed E-state index contributed by atoms with van der Waals surface area (Å²) in [6.45, 7) is 2.03. The Labute approximate surface area is 121 Å². The molecule has 1 heterocycles. The number of benzene rings is 1. The van der Waals surface area contributed by atoms with E-state index in [2.05, 4.69) is 11.4 Å². The molecule has 0 aliphatic heterocycles. The molecule has 1 aromatic heterocycles. The van der Waals surface area contributed by atoms with E-state index in [1.54, 1.807) is 23.5 Å². The maximum Gasteiger partial charge on any atom is 0.146 e. The minimum Gasteiger partial charge on any atom is -0.389 e. The Kier molecular flexibility index (Phi) is 4.50. The van der Waals surface area contributed by atoms with Crippen molar-refractivity contribution in [3.63, 3.8) is 0 Å². The van der Waals surface area contributed by atoms with Crippen molar-refractivity contribution in [1.82, 2.24) is 0 Å². The topological polar surface area (TPSA) is 38.0 Å². The third kappa shape index (κ3) is 3.75. The maximum absolute atomic E-state index is 13.9. The minimum atomic E-state index is -0.330. The number of anilines is 1. The Morgan fingerprint density at radius 2 is 2.26 bits per heavy atom. The summed E-state index contributed by atoms with van der Waals surface area (Å²) < 4.78 is 13.9. The van der Waals surface area contributed by atoms with Crippen molar-refractivity contribution in [3.8, 4) is 0 Å². The molecule has 0 amide bonds. The number of nitrogens with two attached hydrogens (primary N) is 1. The van der Waals surface area contributed by atoms with Gasteiger partial charge in [-0.15, -0.1) is 11.3 Å². The van der Waals surface area contributed by atoms with Gasteiger partial charge in [0.05, 0.1) is 5.69 Å². The number of halogens is 1. The van der Waals surface area contributed by atoms with Crippen molar-refractivity contribution in [2.24, 2.45) is 5.73 Å². The second-order valence-corrected chi connectivity index (χ2v) is 5.86. The Bertz CT molecular complexity index is 567. The number of rotatable bonds is 5. The molecule has 0 fully saturated rings. The van der Waals surface area contributed by atoms with Gasteiger partial charge in [0, 0.05) is 22.9 Å². The van der Waals surface area contributed by atoms with Crippen LogP contribution >= 0.6 is 23.6 Å². The van der Waals surface area contributed by atoms with Crippen molar-refractivity contribution < 1.29 is 4.39 Å². The molecule has 0 aliphatic carbocycles. The van der Waals surface area contributed by atoms with Crippen molar-refractivity contribution >= 4 is 34.2 Å². The average molecular weight is 294 g/mol. The van der Waals surface area contributed by atoms with E-state index in [4.69, 9.17) is 18.0 Å². The molecule has 0 bridgehead atoms. The van der Waals surface area contributed by atoms with Gasteiger partial charge in [-0.05, 0) is 36.6 Å². The highest BCUT2D eigenvalue weighted by Gasteiger charge is 2.09. The number of thiocarbonyl (C=S) groups is 1. The van der Waals surface area contributed by atoms with Crippen LogP contribution in [0.3, 0.4) is 0 Å². The lowest BCUT2D eigenvalue weighted by molar-refractivity contribution is 0.626. The van der Waals surface area contributed by atoms with Crippen LogP contribution in [-0.2, 0) is 6.42 Å². The molecule has 1 unspecified atom stereocenters. The van der Waals surface area contributed by atoms with Crippen LogP contribution in [0.15, 0.2) is 35.7 Å². The summed E-state index contributed by atoms with van der Waals surface area (Å²) in [5.41, 5.74) is 6.49. The molecule has 3 N–H and O–H groups in total. The lowest BCUT2D eigenvalue weighted by Crippen LogP contribution is -2.19. The SMILES string of the molecule is CC(Cc1cccs1)Nc1ccc(C(N)=S)cc1F. The van der Waals surface area contributed by atoms with Crippen LogP contribution in [0.4, 0.5) is 10.1 Å². The quantitative estimate of drug-likeness (QED) is 0.828. The normalized spacial score (nSPS) is 12.1. The highest BCUT2D eigenvalue weighted by atomic mass is 32.1. The van der Waals surface area contributed by atoms with E-state index < -0.39 is 0 Å². The molecule has 0 radical (unpaired) electrons. The van der Waals surface area contributed by atoms with E-state index in [9.17, 15) is 4.39 Å². The lowest BCUT2D eigenvalue weighted by atomic mass is 10.1. The number of thiophene rings is 1. The summed E-state index contributed by atoms with van der Waals surface area (Å²) >= 11 is 6.53. The van der Waals surface area contributed by atoms with E-state index >= 15 is 0 Å². The molecule has 5 heteroatoms. The Hall–Kier alpha value is -1.46. The molecule has 2 aromatic rings. The molecular weight excluding hydrogens is 279 g/mol. The smallest absolute Gasteiger partial charge is 0.146 e. The average Bonchev–Trinajstić information content (AvgIpc) is 2.84. The van der Waals surface area contributed by atoms with E-state index in [1.165, 1.54) is 10.9 Å². The van der Waals surface area contributed by atoms with Gasteiger partial charge in [-0.1, -0.05) is 18.3 Å². The van der Waals surface area contributed by atoms with Crippen LogP contribution in [0.2, 0.25) is 0 Å². The Balaban J connectivity index is 2.04. The van der Waals surface area contributed by atoms with E-state index in [0.717, 1.165) is 6.42 Å². The van der Waals surface area contributed by atoms with Gasteiger partial charge in [-0.3, -0.25) is 0 Å². The first kappa shape index (κ1) is 14.0. The summed E-state index contributed by atoms with van der Waals surface area (Å²) in [6.07, 6.45) is 0.869. The molecule has 100 valence electrons. The van der Waals surface area contributed by atoms with Crippen LogP contribution in [0.1, 0.15) is 17.4 Å². The molecule has 2 nitrogen and oxygen atoms in total. The van der Waals surface area contributed by atoms with Gasteiger partial charge >= 0.3 is 0 Å². The van der Waals surface area contributed by atoms with Gasteiger partial charge < -0.3 is 11.1 Å². The van der Waals surface area contributed by atoms with E-state index in [1.807, 2.05) is 18.4 Å². The standard InChI is InChI=1S/C14H15FN2S2/c1-9(7-11-3-2-6-19-11)17-13-5-4-10(14(16)18)8-12(13)15/h2-6,8-9,17H,7H2,1H3,(H2,16,18). The first-order valence-corrected chi connectivity index (χ1v) is 7.23. The Morgan fingerprint density at radius 3 is 2.84 bits per heavy atom. The molecule has 1 aromatic carbocycles. The van der Waals surface area contributed by atoms with Gasteiger partial charge in [0.25, 0.3) is 0 Å². The molecule has 2 rings (SSSR count). The predicted octanol–water partition coefficient (Wildman–Crippen LogP) is 3.56. The zero-order valence-corrected chi connectivity index (χ0v) is 12.2. The molecule has 0 aliphatic rings. The molecule has 0 saturated heterocycles. The lowest BCUT2D eigenvalue weighted by Gasteiger charge is -2.15. The van der Waals surface area contributed by atoms with Crippen molar-refractivity contribution in [1.29, 1.82) is 0 Å². The Morgan fingerprint density at radius 1 is 1.47 bits per heavy atom. The van der Waals surface area contributed by atoms with Crippen LogP contribution in [0, 0.1) is 5.82 Å². The van der Waals surface area contributed by atoms with Crippen LogP contribution in [0.5, 0.6) is 0 Å². The van der Waals surface area contributed by atoms with Gasteiger partial charge in [-0.25, -0.2) is 4.39 Å². The summed E-state index contributed by atoms with van der Waals surface area (Å²) in [6, 6.07) is 9.02. The van der Waals surface area contributed by atoms with Crippen LogP contribution in [0.25, 0.3) is 0 Å². The third-order valence-corrected chi connectivity index (χ3v) is 3.88. The van der Waals surface area contributed by atoms with E-state index in [-0.39, 0.29) is 16.8 Å². The summed E-state index contributed by atoms with van der Waals surface area (Å²) in [5, 5.41) is 5.20. The highest BCUT2D eigenvalue weighted by molar-refractivity contribution is 7.80. The highest BCUT2D eigenvalue weighted by Crippen LogP contribution is 2.19. The minimum absolute atomic E-state index is 0.156. The monoisotopic (exact) mass is 294 g/mol. The fraction of sp³-hybridized carbons (Fsp3) is 0.214. The third-order valence-electron chi connectivity index (χ3n) is 2.74. The fourth-order valence-electron chi connectivity index (χ4n) is 1.83. The molecule has 0 spiro atoms. The second kappa shape index (κ2) is 6.12. The van der Waals surface area contributed by atoms with Crippen LogP contribution < -0.4 is 11.1 Å². The molecule has 1 atom stereocenters. The summed E-state index contributed by atoms with van der Waals surface area (Å²) in [7, 11) is 0. The largest absolute Gasteiger partial charge is 0.389 e. The zero-order valence-electron chi connectivity index (χ0n) is 10.5. The number of hydrogen-bond donors (Lipinski definition) is 2. The van der Waals surface area contributed by atoms with Crippen molar-refractivity contribution in [2.75, 3.05) is 5.32 Å². The van der Waals surface area contributed by atoms with Gasteiger partial charge in [-0.2, -0.15) is 0 Å². The van der Waals surface area contributed by atoms with Crippen molar-refractivity contribution in [2.45, 2.75) is 19.4 Å². The molecular formula is C14H15FN2S2. The summed E-state index contributed by atoms with van der Waals surface area (Å²) in [4.78, 5) is 1.48. The first-order chi connectivity index (χ1) is 9.06. The van der Waals surface area contributed by atoms with Crippen LogP contribution in [-0.4, -0.2) is 11.0 Å². The molecule has 0 saturated carbocycles.